The molecule has 0 fully saturated rings. The van der Waals surface area contributed by atoms with E-state index in [0.717, 1.165) is 0 Å². The van der Waals surface area contributed by atoms with E-state index in [1.54, 1.807) is 0 Å². The van der Waals surface area contributed by atoms with Gasteiger partial charge in [0.2, 0.25) is 0 Å². The number of benzene rings is 1. The molecule has 1 heteroatoms. The van der Waals surface area contributed by atoms with Gasteiger partial charge in [0, 0.05) is 40.8 Å². The van der Waals surface area contributed by atoms with E-state index >= 15 is 0 Å². The van der Waals surface area contributed by atoms with E-state index in [-0.39, 0.29) is 40.8 Å². The van der Waals surface area contributed by atoms with Crippen molar-refractivity contribution in [2.24, 2.45) is 0 Å². The van der Waals surface area contributed by atoms with Gasteiger partial charge in [-0.25, -0.2) is 0 Å². The van der Waals surface area contributed by atoms with Gasteiger partial charge in [0.05, 0.1) is 0 Å². The van der Waals surface area contributed by atoms with Crippen LogP contribution < -0.4 is 0 Å². The zero-order valence-electron chi connectivity index (χ0n) is 4.89. The second-order valence-corrected chi connectivity index (χ2v) is 1.65. The Morgan fingerprint density at radius 1 is 1.00 bits per heavy atom. The molecule has 0 aromatic heterocycles. The fourth-order valence-corrected chi connectivity index (χ4v) is 0.534. The fourth-order valence-electron chi connectivity index (χ4n) is 0.534. The third-order valence-electron chi connectivity index (χ3n) is 0.940. The molecule has 0 spiro atoms. The second-order valence-electron chi connectivity index (χ2n) is 1.65. The molecule has 0 aliphatic rings. The van der Waals surface area contributed by atoms with Crippen molar-refractivity contribution < 1.29 is 40.8 Å². The predicted molar refractivity (Wildman–Crippen MR) is 31.2 cm³/mol. The third kappa shape index (κ3) is 2.78. The summed E-state index contributed by atoms with van der Waals surface area (Å²) in [5.74, 6) is 0. The maximum Gasteiger partial charge on any atom is 0 e. The van der Waals surface area contributed by atoms with E-state index in [0.29, 0.717) is 0 Å². The van der Waals surface area contributed by atoms with Gasteiger partial charge in [0.15, 0.2) is 0 Å². The van der Waals surface area contributed by atoms with Gasteiger partial charge in [-0.3, -0.25) is 0 Å². The smallest absolute Gasteiger partial charge is 0 e. The molecule has 0 bridgehead atoms. The summed E-state index contributed by atoms with van der Waals surface area (Å²) in [5.41, 5.74) is 1.32. The van der Waals surface area contributed by atoms with Gasteiger partial charge in [-0.15, -0.1) is 0 Å². The largest absolute Gasteiger partial charge is 0.0622 e. The van der Waals surface area contributed by atoms with Crippen LogP contribution in [0.25, 0.3) is 0 Å². The summed E-state index contributed by atoms with van der Waals surface area (Å²) in [4.78, 5) is 0. The monoisotopic (exact) mass is 234 g/mol. The molecular formula is C7H8Nd. The molecule has 1 aromatic carbocycles. The van der Waals surface area contributed by atoms with Crippen molar-refractivity contribution in [3.8, 4) is 0 Å². The summed E-state index contributed by atoms with van der Waals surface area (Å²) in [6.07, 6.45) is 0. The Bertz CT molecular complexity index is 134. The second kappa shape index (κ2) is 4.45. The molecule has 0 aliphatic carbocycles. The standard InChI is InChI=1S/C7H8.Nd/c1-7-5-3-2-4-6-7;/h2-6H,1H3;. The molecular weight excluding hydrogens is 228 g/mol. The van der Waals surface area contributed by atoms with E-state index in [1.165, 1.54) is 5.56 Å². The molecule has 8 heavy (non-hydrogen) atoms. The van der Waals surface area contributed by atoms with Gasteiger partial charge in [0.25, 0.3) is 0 Å². The predicted octanol–water partition coefficient (Wildman–Crippen LogP) is 2.00. The van der Waals surface area contributed by atoms with Gasteiger partial charge in [0.1, 0.15) is 0 Å². The van der Waals surface area contributed by atoms with Gasteiger partial charge in [-0.2, -0.15) is 0 Å². The Labute approximate surface area is 82.8 Å². The fraction of sp³-hybridized carbons (Fsp3) is 0.143. The first kappa shape index (κ1) is 8.57. The summed E-state index contributed by atoms with van der Waals surface area (Å²) in [6.45, 7) is 2.08. The van der Waals surface area contributed by atoms with Crippen LogP contribution in [-0.4, -0.2) is 0 Å². The van der Waals surface area contributed by atoms with Gasteiger partial charge >= 0.3 is 0 Å². The maximum absolute atomic E-state index is 2.08. The van der Waals surface area contributed by atoms with Crippen LogP contribution in [0.3, 0.4) is 0 Å². The molecule has 0 aliphatic heterocycles. The number of hydrogen-bond acceptors (Lipinski definition) is 0. The molecule has 0 heterocycles. The topological polar surface area (TPSA) is 0 Å². The first-order chi connectivity index (χ1) is 3.39. The van der Waals surface area contributed by atoms with Gasteiger partial charge in [-0.1, -0.05) is 35.9 Å². The van der Waals surface area contributed by atoms with Crippen LogP contribution in [0.1, 0.15) is 5.56 Å². The number of hydrogen-bond donors (Lipinski definition) is 0. The van der Waals surface area contributed by atoms with Crippen molar-refractivity contribution in [3.05, 3.63) is 35.9 Å². The Hall–Kier alpha value is 0.571. The van der Waals surface area contributed by atoms with Crippen molar-refractivity contribution in [1.29, 1.82) is 0 Å². The number of aryl methyl sites for hydroxylation is 1. The van der Waals surface area contributed by atoms with Crippen molar-refractivity contribution in [3.63, 3.8) is 0 Å². The van der Waals surface area contributed by atoms with Crippen LogP contribution in [0.2, 0.25) is 0 Å². The quantitative estimate of drug-likeness (QED) is 0.646. The van der Waals surface area contributed by atoms with Crippen molar-refractivity contribution in [2.75, 3.05) is 0 Å². The molecule has 0 amide bonds. The van der Waals surface area contributed by atoms with Crippen LogP contribution in [0.4, 0.5) is 0 Å². The Balaban J connectivity index is 0.000000490. The molecule has 0 N–H and O–H groups in total. The molecule has 1 rings (SSSR count). The maximum atomic E-state index is 2.08. The zero-order chi connectivity index (χ0) is 5.11. The first-order valence-corrected chi connectivity index (χ1v) is 2.41. The molecule has 1 aromatic rings. The molecule has 0 unspecified atom stereocenters. The Morgan fingerprint density at radius 2 is 1.50 bits per heavy atom. The van der Waals surface area contributed by atoms with Crippen molar-refractivity contribution >= 4 is 0 Å². The summed E-state index contributed by atoms with van der Waals surface area (Å²) in [5, 5.41) is 0. The summed E-state index contributed by atoms with van der Waals surface area (Å²) in [6, 6.07) is 10.3. The molecule has 40 valence electrons. The van der Waals surface area contributed by atoms with Crippen LogP contribution >= 0.6 is 0 Å². The molecule has 0 atom stereocenters. The van der Waals surface area contributed by atoms with Crippen LogP contribution in [0.15, 0.2) is 30.3 Å². The summed E-state index contributed by atoms with van der Waals surface area (Å²) >= 11 is 0. The van der Waals surface area contributed by atoms with Gasteiger partial charge in [-0.05, 0) is 6.92 Å². The average molecular weight is 236 g/mol. The molecule has 0 radical (unpaired) electrons. The van der Waals surface area contributed by atoms with Crippen molar-refractivity contribution in [2.45, 2.75) is 6.92 Å². The SMILES string of the molecule is Cc1ccccc1.[Nd]. The van der Waals surface area contributed by atoms with Gasteiger partial charge < -0.3 is 0 Å². The average Bonchev–Trinajstić information content (AvgIpc) is 1.69. The Kier molecular flexibility index (Phi) is 4.77. The van der Waals surface area contributed by atoms with E-state index in [4.69, 9.17) is 0 Å². The van der Waals surface area contributed by atoms with Crippen LogP contribution in [-0.2, 0) is 0 Å². The van der Waals surface area contributed by atoms with Crippen molar-refractivity contribution in [1.82, 2.24) is 0 Å². The van der Waals surface area contributed by atoms with Crippen LogP contribution in [0, 0.1) is 47.8 Å². The summed E-state index contributed by atoms with van der Waals surface area (Å²) in [7, 11) is 0. The zero-order valence-corrected chi connectivity index (χ0v) is 8.09. The van der Waals surface area contributed by atoms with E-state index < -0.39 is 0 Å². The van der Waals surface area contributed by atoms with E-state index in [9.17, 15) is 0 Å². The number of rotatable bonds is 0. The molecule has 0 nitrogen and oxygen atoms in total. The first-order valence-electron chi connectivity index (χ1n) is 2.41. The minimum absolute atomic E-state index is 0. The molecule has 0 saturated heterocycles. The summed E-state index contributed by atoms with van der Waals surface area (Å²) < 4.78 is 0. The van der Waals surface area contributed by atoms with Crippen LogP contribution in [0.5, 0.6) is 0 Å². The Morgan fingerprint density at radius 3 is 1.75 bits per heavy atom. The minimum Gasteiger partial charge on any atom is -0.0622 e. The van der Waals surface area contributed by atoms with E-state index in [2.05, 4.69) is 19.1 Å². The minimum atomic E-state index is 0. The normalized spacial score (nSPS) is 7.62. The third-order valence-corrected chi connectivity index (χ3v) is 0.940. The van der Waals surface area contributed by atoms with E-state index in [1.807, 2.05) is 18.2 Å². The molecule has 0 saturated carbocycles.